The average Bonchev–Trinajstić information content (AvgIpc) is 2.26. The van der Waals surface area contributed by atoms with Gasteiger partial charge in [0.05, 0.1) is 7.11 Å². The van der Waals surface area contributed by atoms with Crippen LogP contribution in [0.15, 0.2) is 12.1 Å². The van der Waals surface area contributed by atoms with Gasteiger partial charge in [-0.15, -0.1) is 0 Å². The number of carbonyl (C=O) groups is 1. The Labute approximate surface area is 96.2 Å². The molecule has 4 heteroatoms. The highest BCUT2D eigenvalue weighted by Crippen LogP contribution is 2.28. The fourth-order valence-corrected chi connectivity index (χ4v) is 1.73. The van der Waals surface area contributed by atoms with Crippen LogP contribution in [0.2, 0.25) is 0 Å². The van der Waals surface area contributed by atoms with Crippen LogP contribution in [-0.4, -0.2) is 27.2 Å². The van der Waals surface area contributed by atoms with E-state index >= 15 is 0 Å². The highest BCUT2D eigenvalue weighted by Gasteiger charge is 2.12. The van der Waals surface area contributed by atoms with E-state index in [4.69, 9.17) is 4.74 Å². The number of benzene rings is 1. The van der Waals surface area contributed by atoms with Gasteiger partial charge in [0, 0.05) is 19.8 Å². The first kappa shape index (κ1) is 12.4. The summed E-state index contributed by atoms with van der Waals surface area (Å²) in [6.07, 6.45) is 0. The monoisotopic (exact) mass is 222 g/mol. The second-order valence-electron chi connectivity index (χ2n) is 3.73. The van der Waals surface area contributed by atoms with Gasteiger partial charge in [0.2, 0.25) is 0 Å². The lowest BCUT2D eigenvalue weighted by molar-refractivity contribution is 0.249. The van der Waals surface area contributed by atoms with Crippen molar-refractivity contribution in [2.45, 2.75) is 13.8 Å². The SMILES string of the molecule is CNC(=O)N(C)c1cc(C)c(OC)c(C)c1. The van der Waals surface area contributed by atoms with Crippen molar-refractivity contribution < 1.29 is 9.53 Å². The van der Waals surface area contributed by atoms with Gasteiger partial charge < -0.3 is 10.1 Å². The molecule has 0 aliphatic heterocycles. The van der Waals surface area contributed by atoms with Crippen molar-refractivity contribution in [2.24, 2.45) is 0 Å². The van der Waals surface area contributed by atoms with Gasteiger partial charge in [-0.2, -0.15) is 0 Å². The maximum atomic E-state index is 11.5. The van der Waals surface area contributed by atoms with Crippen molar-refractivity contribution in [2.75, 3.05) is 26.1 Å². The molecule has 0 radical (unpaired) electrons. The third-order valence-electron chi connectivity index (χ3n) is 2.56. The fraction of sp³-hybridized carbons (Fsp3) is 0.417. The second-order valence-corrected chi connectivity index (χ2v) is 3.73. The zero-order valence-corrected chi connectivity index (χ0v) is 10.4. The van der Waals surface area contributed by atoms with Crippen molar-refractivity contribution in [3.8, 4) is 5.75 Å². The zero-order chi connectivity index (χ0) is 12.3. The first-order valence-electron chi connectivity index (χ1n) is 5.12. The van der Waals surface area contributed by atoms with Crippen LogP contribution >= 0.6 is 0 Å². The van der Waals surface area contributed by atoms with Gasteiger partial charge in [0.15, 0.2) is 0 Å². The summed E-state index contributed by atoms with van der Waals surface area (Å²) in [4.78, 5) is 13.0. The van der Waals surface area contributed by atoms with E-state index in [0.29, 0.717) is 0 Å². The Morgan fingerprint density at radius 3 is 2.19 bits per heavy atom. The number of aryl methyl sites for hydroxylation is 2. The molecule has 0 aromatic heterocycles. The lowest BCUT2D eigenvalue weighted by Gasteiger charge is -2.19. The summed E-state index contributed by atoms with van der Waals surface area (Å²) >= 11 is 0. The molecule has 0 heterocycles. The van der Waals surface area contributed by atoms with Gasteiger partial charge in [-0.25, -0.2) is 4.79 Å². The molecule has 0 atom stereocenters. The quantitative estimate of drug-likeness (QED) is 0.832. The third-order valence-corrected chi connectivity index (χ3v) is 2.56. The smallest absolute Gasteiger partial charge is 0.321 e. The van der Waals surface area contributed by atoms with E-state index in [-0.39, 0.29) is 6.03 Å². The van der Waals surface area contributed by atoms with E-state index in [1.54, 1.807) is 26.1 Å². The van der Waals surface area contributed by atoms with Crippen molar-refractivity contribution in [1.29, 1.82) is 0 Å². The number of hydrogen-bond acceptors (Lipinski definition) is 2. The zero-order valence-electron chi connectivity index (χ0n) is 10.4. The van der Waals surface area contributed by atoms with Gasteiger partial charge in [0.25, 0.3) is 0 Å². The number of nitrogens with one attached hydrogen (secondary N) is 1. The molecule has 1 N–H and O–H groups in total. The molecule has 16 heavy (non-hydrogen) atoms. The number of methoxy groups -OCH3 is 1. The topological polar surface area (TPSA) is 41.6 Å². The summed E-state index contributed by atoms with van der Waals surface area (Å²) in [6, 6.07) is 3.73. The predicted molar refractivity (Wildman–Crippen MR) is 65.3 cm³/mol. The number of ether oxygens (including phenoxy) is 1. The van der Waals surface area contributed by atoms with Crippen molar-refractivity contribution in [1.82, 2.24) is 5.32 Å². The molecular formula is C12H18N2O2. The number of hydrogen-bond donors (Lipinski definition) is 1. The van der Waals surface area contributed by atoms with Gasteiger partial charge >= 0.3 is 6.03 Å². The Bertz CT molecular complexity index is 379. The summed E-state index contributed by atoms with van der Waals surface area (Å²) in [5.41, 5.74) is 2.90. The fourth-order valence-electron chi connectivity index (χ4n) is 1.73. The molecule has 0 spiro atoms. The standard InChI is InChI=1S/C12H18N2O2/c1-8-6-10(14(4)12(15)13-3)7-9(2)11(8)16-5/h6-7H,1-5H3,(H,13,15). The Kier molecular flexibility index (Phi) is 3.77. The molecule has 88 valence electrons. The van der Waals surface area contributed by atoms with Crippen LogP contribution in [0.3, 0.4) is 0 Å². The highest BCUT2D eigenvalue weighted by atomic mass is 16.5. The molecule has 0 aliphatic rings. The highest BCUT2D eigenvalue weighted by molar-refractivity contribution is 5.91. The number of carbonyl (C=O) groups excluding carboxylic acids is 1. The van der Waals surface area contributed by atoms with Crippen molar-refractivity contribution in [3.05, 3.63) is 23.3 Å². The maximum absolute atomic E-state index is 11.5. The second kappa shape index (κ2) is 4.88. The molecule has 0 bridgehead atoms. The van der Waals surface area contributed by atoms with Crippen LogP contribution in [0.25, 0.3) is 0 Å². The van der Waals surface area contributed by atoms with Crippen LogP contribution in [0, 0.1) is 13.8 Å². The van der Waals surface area contributed by atoms with Crippen LogP contribution in [0.4, 0.5) is 10.5 Å². The van der Waals surface area contributed by atoms with Gasteiger partial charge in [0.1, 0.15) is 5.75 Å². The molecule has 1 aromatic rings. The molecule has 0 aliphatic carbocycles. The minimum atomic E-state index is -0.135. The molecular weight excluding hydrogens is 204 g/mol. The molecule has 0 fully saturated rings. The normalized spacial score (nSPS) is 9.81. The molecule has 0 saturated heterocycles. The predicted octanol–water partition coefficient (Wildman–Crippen LogP) is 2.09. The van der Waals surface area contributed by atoms with E-state index in [9.17, 15) is 4.79 Å². The average molecular weight is 222 g/mol. The largest absolute Gasteiger partial charge is 0.496 e. The summed E-state index contributed by atoms with van der Waals surface area (Å²) in [5, 5.41) is 2.59. The molecule has 0 saturated carbocycles. The lowest BCUT2D eigenvalue weighted by atomic mass is 10.1. The Morgan fingerprint density at radius 1 is 1.31 bits per heavy atom. The van der Waals surface area contributed by atoms with Gasteiger partial charge in [-0.3, -0.25) is 4.90 Å². The van der Waals surface area contributed by atoms with E-state index in [1.807, 2.05) is 26.0 Å². The maximum Gasteiger partial charge on any atom is 0.321 e. The minimum absolute atomic E-state index is 0.135. The summed E-state index contributed by atoms with van der Waals surface area (Å²) in [7, 11) is 5.00. The molecule has 1 aromatic carbocycles. The minimum Gasteiger partial charge on any atom is -0.496 e. The van der Waals surface area contributed by atoms with Crippen LogP contribution in [-0.2, 0) is 0 Å². The van der Waals surface area contributed by atoms with E-state index in [0.717, 1.165) is 22.6 Å². The number of rotatable bonds is 2. The Hall–Kier alpha value is -1.71. The van der Waals surface area contributed by atoms with E-state index < -0.39 is 0 Å². The molecule has 2 amide bonds. The van der Waals surface area contributed by atoms with Crippen molar-refractivity contribution >= 4 is 11.7 Å². The van der Waals surface area contributed by atoms with E-state index in [2.05, 4.69) is 5.32 Å². The Morgan fingerprint density at radius 2 is 1.81 bits per heavy atom. The summed E-state index contributed by atoms with van der Waals surface area (Å²) < 4.78 is 5.28. The lowest BCUT2D eigenvalue weighted by Crippen LogP contribution is -2.34. The first-order valence-corrected chi connectivity index (χ1v) is 5.12. The van der Waals surface area contributed by atoms with E-state index in [1.165, 1.54) is 0 Å². The third kappa shape index (κ3) is 2.27. The number of urea groups is 1. The van der Waals surface area contributed by atoms with Crippen LogP contribution in [0.1, 0.15) is 11.1 Å². The van der Waals surface area contributed by atoms with Crippen molar-refractivity contribution in [3.63, 3.8) is 0 Å². The molecule has 0 unspecified atom stereocenters. The molecule has 4 nitrogen and oxygen atoms in total. The summed E-state index contributed by atoms with van der Waals surface area (Å²) in [6.45, 7) is 3.93. The summed E-state index contributed by atoms with van der Waals surface area (Å²) in [5.74, 6) is 0.869. The number of nitrogens with zero attached hydrogens (tertiary/aromatic N) is 1. The number of anilines is 1. The first-order chi connectivity index (χ1) is 7.51. The van der Waals surface area contributed by atoms with Gasteiger partial charge in [-0.1, -0.05) is 0 Å². The van der Waals surface area contributed by atoms with Gasteiger partial charge in [-0.05, 0) is 37.1 Å². The molecule has 1 rings (SSSR count). The van der Waals surface area contributed by atoms with Crippen LogP contribution in [0.5, 0.6) is 5.75 Å². The van der Waals surface area contributed by atoms with Crippen LogP contribution < -0.4 is 15.0 Å². The number of amides is 2. The Balaban J connectivity index is 3.13.